The molecule has 136 valence electrons. The number of amides is 1. The number of piperidine rings is 1. The van der Waals surface area contributed by atoms with Crippen molar-refractivity contribution in [3.8, 4) is 22.8 Å². The summed E-state index contributed by atoms with van der Waals surface area (Å²) in [6, 6.07) is 7.59. The van der Waals surface area contributed by atoms with Gasteiger partial charge in [-0.3, -0.25) is 4.79 Å². The van der Waals surface area contributed by atoms with Crippen LogP contribution in [0, 0.1) is 5.92 Å². The highest BCUT2D eigenvalue weighted by atomic mass is 16.7. The lowest BCUT2D eigenvalue weighted by Gasteiger charge is -2.32. The molecule has 5 rings (SSSR count). The lowest BCUT2D eigenvalue weighted by atomic mass is 9.95. The molecule has 1 saturated heterocycles. The minimum absolute atomic E-state index is 0.218. The van der Waals surface area contributed by atoms with Crippen LogP contribution in [-0.2, 0) is 10.2 Å². The smallest absolute Gasteiger partial charge is 0.234 e. The SMILES string of the molecule is CC1CCN(C(=O)C2(c3cc(-c4ccc5c(c4)OCO5)on3)CC2)CC1. The summed E-state index contributed by atoms with van der Waals surface area (Å²) in [7, 11) is 0. The Morgan fingerprint density at radius 3 is 2.69 bits per heavy atom. The molecular formula is C20H22N2O4. The zero-order valence-corrected chi connectivity index (χ0v) is 14.9. The number of rotatable bonds is 3. The molecule has 1 aromatic heterocycles. The van der Waals surface area contributed by atoms with Gasteiger partial charge in [-0.05, 0) is 49.8 Å². The summed E-state index contributed by atoms with van der Waals surface area (Å²) in [6.45, 7) is 4.21. The lowest BCUT2D eigenvalue weighted by molar-refractivity contribution is -0.135. The van der Waals surface area contributed by atoms with E-state index in [1.807, 2.05) is 29.2 Å². The molecule has 3 heterocycles. The molecule has 0 bridgehead atoms. The van der Waals surface area contributed by atoms with Gasteiger partial charge in [0.15, 0.2) is 17.3 Å². The third-order valence-corrected chi connectivity index (χ3v) is 5.89. The van der Waals surface area contributed by atoms with Gasteiger partial charge in [0, 0.05) is 24.7 Å². The van der Waals surface area contributed by atoms with E-state index in [4.69, 9.17) is 14.0 Å². The van der Waals surface area contributed by atoms with Crippen molar-refractivity contribution >= 4 is 5.91 Å². The van der Waals surface area contributed by atoms with Crippen molar-refractivity contribution < 1.29 is 18.8 Å². The zero-order valence-electron chi connectivity index (χ0n) is 14.9. The highest BCUT2D eigenvalue weighted by Crippen LogP contribution is 2.50. The second-order valence-electron chi connectivity index (χ2n) is 7.70. The van der Waals surface area contributed by atoms with Crippen LogP contribution >= 0.6 is 0 Å². The normalized spacial score (nSPS) is 21.0. The molecule has 6 heteroatoms. The van der Waals surface area contributed by atoms with Crippen LogP contribution in [0.4, 0.5) is 0 Å². The average Bonchev–Trinajstić information content (AvgIpc) is 3.10. The van der Waals surface area contributed by atoms with Crippen molar-refractivity contribution in [3.05, 3.63) is 30.0 Å². The fourth-order valence-electron chi connectivity index (χ4n) is 3.91. The fourth-order valence-corrected chi connectivity index (χ4v) is 3.91. The first kappa shape index (κ1) is 15.7. The van der Waals surface area contributed by atoms with E-state index in [1.165, 1.54) is 0 Å². The summed E-state index contributed by atoms with van der Waals surface area (Å²) in [5, 5.41) is 4.26. The van der Waals surface area contributed by atoms with Crippen LogP contribution in [0.25, 0.3) is 11.3 Å². The van der Waals surface area contributed by atoms with Crippen molar-refractivity contribution in [3.63, 3.8) is 0 Å². The number of ether oxygens (including phenoxy) is 2. The molecule has 3 aliphatic rings. The zero-order chi connectivity index (χ0) is 17.7. The van der Waals surface area contributed by atoms with E-state index in [9.17, 15) is 4.79 Å². The monoisotopic (exact) mass is 354 g/mol. The van der Waals surface area contributed by atoms with Gasteiger partial charge < -0.3 is 18.9 Å². The van der Waals surface area contributed by atoms with Crippen LogP contribution in [0.15, 0.2) is 28.8 Å². The predicted molar refractivity (Wildman–Crippen MR) is 94.0 cm³/mol. The van der Waals surface area contributed by atoms with Crippen LogP contribution in [0.3, 0.4) is 0 Å². The Balaban J connectivity index is 1.39. The molecule has 0 unspecified atom stereocenters. The van der Waals surface area contributed by atoms with Gasteiger partial charge in [0.2, 0.25) is 12.7 Å². The maximum absolute atomic E-state index is 13.1. The number of nitrogens with zero attached hydrogens (tertiary/aromatic N) is 2. The van der Waals surface area contributed by atoms with E-state index in [1.54, 1.807) is 0 Å². The topological polar surface area (TPSA) is 64.8 Å². The maximum atomic E-state index is 13.1. The number of aromatic nitrogens is 1. The second-order valence-corrected chi connectivity index (χ2v) is 7.70. The highest BCUT2D eigenvalue weighted by Gasteiger charge is 2.55. The van der Waals surface area contributed by atoms with Crippen LogP contribution in [0.2, 0.25) is 0 Å². The fraction of sp³-hybridized carbons (Fsp3) is 0.500. The Bertz CT molecular complexity index is 847. The number of fused-ring (bicyclic) bond motifs is 1. The van der Waals surface area contributed by atoms with Crippen molar-refractivity contribution in [1.82, 2.24) is 10.1 Å². The summed E-state index contributed by atoms with van der Waals surface area (Å²) in [6.07, 6.45) is 3.88. The molecule has 1 aliphatic carbocycles. The number of carbonyl (C=O) groups is 1. The third kappa shape index (κ3) is 2.47. The molecule has 6 nitrogen and oxygen atoms in total. The standard InChI is InChI=1S/C20H22N2O4/c1-13-4-8-22(9-5-13)19(23)20(6-7-20)18-11-16(26-21-18)14-2-3-15-17(10-14)25-12-24-15/h2-3,10-11,13H,4-9,12H2,1H3. The van der Waals surface area contributed by atoms with Crippen LogP contribution in [-0.4, -0.2) is 35.8 Å². The maximum Gasteiger partial charge on any atom is 0.234 e. The second kappa shape index (κ2) is 5.76. The van der Waals surface area contributed by atoms with E-state index in [0.717, 1.165) is 55.8 Å². The Labute approximate surface area is 152 Å². The molecule has 1 aromatic carbocycles. The molecular weight excluding hydrogens is 332 g/mol. The Morgan fingerprint density at radius 2 is 1.92 bits per heavy atom. The quantitative estimate of drug-likeness (QED) is 0.846. The van der Waals surface area contributed by atoms with E-state index in [2.05, 4.69) is 12.1 Å². The van der Waals surface area contributed by atoms with Gasteiger partial charge >= 0.3 is 0 Å². The van der Waals surface area contributed by atoms with Crippen LogP contribution in [0.5, 0.6) is 11.5 Å². The number of hydrogen-bond acceptors (Lipinski definition) is 5. The van der Waals surface area contributed by atoms with E-state index >= 15 is 0 Å². The first-order chi connectivity index (χ1) is 12.7. The molecule has 1 saturated carbocycles. The predicted octanol–water partition coefficient (Wildman–Crippen LogP) is 3.36. The molecule has 1 amide bonds. The molecule has 0 N–H and O–H groups in total. The van der Waals surface area contributed by atoms with Crippen molar-refractivity contribution in [1.29, 1.82) is 0 Å². The first-order valence-corrected chi connectivity index (χ1v) is 9.32. The number of likely N-dealkylation sites (tertiary alicyclic amines) is 1. The Morgan fingerprint density at radius 1 is 1.15 bits per heavy atom. The van der Waals surface area contributed by atoms with Crippen LogP contribution < -0.4 is 9.47 Å². The number of carbonyl (C=O) groups excluding carboxylic acids is 1. The number of hydrogen-bond donors (Lipinski definition) is 0. The average molecular weight is 354 g/mol. The van der Waals surface area contributed by atoms with E-state index in [-0.39, 0.29) is 12.7 Å². The Kier molecular flexibility index (Phi) is 3.48. The summed E-state index contributed by atoms with van der Waals surface area (Å²) in [5.41, 5.74) is 1.16. The van der Waals surface area contributed by atoms with Gasteiger partial charge in [-0.1, -0.05) is 12.1 Å². The van der Waals surface area contributed by atoms with Gasteiger partial charge in [0.25, 0.3) is 0 Å². The summed E-state index contributed by atoms with van der Waals surface area (Å²) >= 11 is 0. The van der Waals surface area contributed by atoms with Crippen molar-refractivity contribution in [2.24, 2.45) is 5.92 Å². The minimum atomic E-state index is -0.474. The molecule has 0 radical (unpaired) electrons. The van der Waals surface area contributed by atoms with E-state index < -0.39 is 5.41 Å². The van der Waals surface area contributed by atoms with Crippen LogP contribution in [0.1, 0.15) is 38.3 Å². The van der Waals surface area contributed by atoms with Gasteiger partial charge in [0.05, 0.1) is 11.1 Å². The third-order valence-electron chi connectivity index (χ3n) is 5.89. The molecule has 2 aliphatic heterocycles. The molecule has 2 fully saturated rings. The molecule has 0 spiro atoms. The highest BCUT2D eigenvalue weighted by molar-refractivity contribution is 5.91. The van der Waals surface area contributed by atoms with Gasteiger partial charge in [-0.2, -0.15) is 0 Å². The first-order valence-electron chi connectivity index (χ1n) is 9.32. The largest absolute Gasteiger partial charge is 0.454 e. The lowest BCUT2D eigenvalue weighted by Crippen LogP contribution is -2.43. The number of benzene rings is 1. The summed E-state index contributed by atoms with van der Waals surface area (Å²) in [4.78, 5) is 15.1. The van der Waals surface area contributed by atoms with Gasteiger partial charge in [0.1, 0.15) is 0 Å². The van der Waals surface area contributed by atoms with Crippen molar-refractivity contribution in [2.45, 2.75) is 38.0 Å². The van der Waals surface area contributed by atoms with Crippen molar-refractivity contribution in [2.75, 3.05) is 19.9 Å². The Hall–Kier alpha value is -2.50. The van der Waals surface area contributed by atoms with Gasteiger partial charge in [-0.25, -0.2) is 0 Å². The summed E-state index contributed by atoms with van der Waals surface area (Å²) in [5.74, 6) is 3.03. The molecule has 0 atom stereocenters. The van der Waals surface area contributed by atoms with Gasteiger partial charge in [-0.15, -0.1) is 0 Å². The molecule has 26 heavy (non-hydrogen) atoms. The minimum Gasteiger partial charge on any atom is -0.454 e. The van der Waals surface area contributed by atoms with E-state index in [0.29, 0.717) is 17.4 Å². The molecule has 2 aromatic rings. The summed E-state index contributed by atoms with van der Waals surface area (Å²) < 4.78 is 16.3.